The molecular formula is C17H20FNO4S. The predicted molar refractivity (Wildman–Crippen MR) is 90.1 cm³/mol. The van der Waals surface area contributed by atoms with E-state index in [2.05, 4.69) is 4.72 Å². The van der Waals surface area contributed by atoms with Crippen LogP contribution in [0.4, 0.5) is 4.39 Å². The van der Waals surface area contributed by atoms with E-state index in [1.165, 1.54) is 32.4 Å². The molecule has 1 unspecified atom stereocenters. The second kappa shape index (κ2) is 7.63. The second-order valence-electron chi connectivity index (χ2n) is 5.30. The molecule has 0 bridgehead atoms. The van der Waals surface area contributed by atoms with Gasteiger partial charge in [-0.05, 0) is 30.7 Å². The van der Waals surface area contributed by atoms with E-state index in [1.807, 2.05) is 0 Å². The highest BCUT2D eigenvalue weighted by atomic mass is 32.2. The Kier molecular flexibility index (Phi) is 5.80. The highest BCUT2D eigenvalue weighted by Crippen LogP contribution is 2.30. The van der Waals surface area contributed by atoms with Crippen molar-refractivity contribution in [2.24, 2.45) is 0 Å². The van der Waals surface area contributed by atoms with E-state index in [0.29, 0.717) is 17.1 Å². The molecule has 0 aromatic heterocycles. The molecule has 7 heteroatoms. The maximum Gasteiger partial charge on any atom is 0.216 e. The molecular weight excluding hydrogens is 333 g/mol. The maximum atomic E-state index is 13.6. The highest BCUT2D eigenvalue weighted by molar-refractivity contribution is 7.88. The molecule has 0 fully saturated rings. The fraction of sp³-hybridized carbons (Fsp3) is 0.294. The molecule has 0 aliphatic heterocycles. The lowest BCUT2D eigenvalue weighted by atomic mass is 10.1. The summed E-state index contributed by atoms with van der Waals surface area (Å²) in [6, 6.07) is 10.5. The largest absolute Gasteiger partial charge is 0.493 e. The summed E-state index contributed by atoms with van der Waals surface area (Å²) >= 11 is 0. The minimum Gasteiger partial charge on any atom is -0.493 e. The van der Waals surface area contributed by atoms with E-state index in [0.717, 1.165) is 0 Å². The summed E-state index contributed by atoms with van der Waals surface area (Å²) in [5.74, 6) is 0.108. The average Bonchev–Trinajstić information content (AvgIpc) is 2.55. The number of benzene rings is 2. The Morgan fingerprint density at radius 2 is 1.75 bits per heavy atom. The minimum absolute atomic E-state index is 0.129. The van der Waals surface area contributed by atoms with Gasteiger partial charge in [0.1, 0.15) is 5.82 Å². The SMILES string of the molecule is COc1ccc(C(C)NS(=O)(=O)Cc2ccccc2F)cc1OC. The van der Waals surface area contributed by atoms with Crippen molar-refractivity contribution in [2.45, 2.75) is 18.7 Å². The fourth-order valence-electron chi connectivity index (χ4n) is 2.32. The van der Waals surface area contributed by atoms with Gasteiger partial charge < -0.3 is 9.47 Å². The lowest BCUT2D eigenvalue weighted by molar-refractivity contribution is 0.354. The summed E-state index contributed by atoms with van der Waals surface area (Å²) in [6.45, 7) is 1.71. The molecule has 24 heavy (non-hydrogen) atoms. The minimum atomic E-state index is -3.70. The van der Waals surface area contributed by atoms with Crippen LogP contribution in [0.3, 0.4) is 0 Å². The van der Waals surface area contributed by atoms with Gasteiger partial charge in [-0.25, -0.2) is 17.5 Å². The molecule has 130 valence electrons. The molecule has 0 spiro atoms. The molecule has 0 aliphatic rings. The van der Waals surface area contributed by atoms with E-state index in [9.17, 15) is 12.8 Å². The number of hydrogen-bond acceptors (Lipinski definition) is 4. The second-order valence-corrected chi connectivity index (χ2v) is 7.06. The van der Waals surface area contributed by atoms with Crippen molar-refractivity contribution in [1.82, 2.24) is 4.72 Å². The lowest BCUT2D eigenvalue weighted by Gasteiger charge is -2.17. The first-order valence-corrected chi connectivity index (χ1v) is 8.97. The molecule has 0 saturated carbocycles. The number of sulfonamides is 1. The molecule has 0 heterocycles. The molecule has 1 N–H and O–H groups in total. The van der Waals surface area contributed by atoms with Gasteiger partial charge >= 0.3 is 0 Å². The number of ether oxygens (including phenoxy) is 2. The van der Waals surface area contributed by atoms with Gasteiger partial charge in [0.25, 0.3) is 0 Å². The number of hydrogen-bond donors (Lipinski definition) is 1. The Bertz CT molecular complexity index is 808. The smallest absolute Gasteiger partial charge is 0.216 e. The Morgan fingerprint density at radius 1 is 1.08 bits per heavy atom. The van der Waals surface area contributed by atoms with Gasteiger partial charge in [0.15, 0.2) is 11.5 Å². The van der Waals surface area contributed by atoms with E-state index in [-0.39, 0.29) is 5.56 Å². The topological polar surface area (TPSA) is 64.6 Å². The van der Waals surface area contributed by atoms with Crippen LogP contribution in [0, 0.1) is 5.82 Å². The van der Waals surface area contributed by atoms with Crippen LogP contribution >= 0.6 is 0 Å². The van der Waals surface area contributed by atoms with Crippen molar-refractivity contribution in [3.63, 3.8) is 0 Å². The number of nitrogens with one attached hydrogen (secondary N) is 1. The van der Waals surface area contributed by atoms with Crippen LogP contribution in [-0.2, 0) is 15.8 Å². The Labute approximate surface area is 141 Å². The van der Waals surface area contributed by atoms with Crippen molar-refractivity contribution < 1.29 is 22.3 Å². The molecule has 5 nitrogen and oxygen atoms in total. The number of halogens is 1. The Morgan fingerprint density at radius 3 is 2.38 bits per heavy atom. The zero-order chi connectivity index (χ0) is 17.7. The first-order valence-electron chi connectivity index (χ1n) is 7.31. The Balaban J connectivity index is 2.16. The molecule has 0 radical (unpaired) electrons. The van der Waals surface area contributed by atoms with Crippen LogP contribution in [-0.4, -0.2) is 22.6 Å². The zero-order valence-electron chi connectivity index (χ0n) is 13.7. The zero-order valence-corrected chi connectivity index (χ0v) is 14.6. The molecule has 0 aliphatic carbocycles. The van der Waals surface area contributed by atoms with Crippen molar-refractivity contribution in [1.29, 1.82) is 0 Å². The summed E-state index contributed by atoms with van der Waals surface area (Å²) in [4.78, 5) is 0. The van der Waals surface area contributed by atoms with Crippen molar-refractivity contribution in [3.05, 3.63) is 59.4 Å². The Hall–Kier alpha value is -2.12. The normalized spacial score (nSPS) is 12.7. The summed E-state index contributed by atoms with van der Waals surface area (Å²) in [7, 11) is -0.667. The van der Waals surface area contributed by atoms with Crippen molar-refractivity contribution in [3.8, 4) is 11.5 Å². The van der Waals surface area contributed by atoms with Gasteiger partial charge in [0, 0.05) is 11.6 Å². The van der Waals surface area contributed by atoms with E-state index < -0.39 is 27.6 Å². The van der Waals surface area contributed by atoms with Crippen LogP contribution in [0.2, 0.25) is 0 Å². The summed E-state index contributed by atoms with van der Waals surface area (Å²) in [5, 5.41) is 0. The lowest BCUT2D eigenvalue weighted by Crippen LogP contribution is -2.28. The number of methoxy groups -OCH3 is 2. The first-order chi connectivity index (χ1) is 11.4. The van der Waals surface area contributed by atoms with Gasteiger partial charge in [-0.15, -0.1) is 0 Å². The summed E-state index contributed by atoms with van der Waals surface area (Å²) in [6.07, 6.45) is 0. The van der Waals surface area contributed by atoms with Crippen LogP contribution in [0.15, 0.2) is 42.5 Å². The van der Waals surface area contributed by atoms with Crippen LogP contribution in [0.1, 0.15) is 24.1 Å². The monoisotopic (exact) mass is 353 g/mol. The molecule has 2 rings (SSSR count). The summed E-state index contributed by atoms with van der Waals surface area (Å²) < 4.78 is 51.1. The third-order valence-electron chi connectivity index (χ3n) is 3.57. The van der Waals surface area contributed by atoms with E-state index in [4.69, 9.17) is 9.47 Å². The van der Waals surface area contributed by atoms with Crippen LogP contribution in [0.25, 0.3) is 0 Å². The van der Waals surface area contributed by atoms with E-state index in [1.54, 1.807) is 31.2 Å². The van der Waals surface area contributed by atoms with Gasteiger partial charge in [0.2, 0.25) is 10.0 Å². The third kappa shape index (κ3) is 4.46. The number of rotatable bonds is 7. The molecule has 2 aromatic rings. The average molecular weight is 353 g/mol. The molecule has 2 aromatic carbocycles. The van der Waals surface area contributed by atoms with Crippen molar-refractivity contribution >= 4 is 10.0 Å². The van der Waals surface area contributed by atoms with E-state index >= 15 is 0 Å². The highest BCUT2D eigenvalue weighted by Gasteiger charge is 2.19. The predicted octanol–water partition coefficient (Wildman–Crippen LogP) is 3.02. The van der Waals surface area contributed by atoms with Crippen molar-refractivity contribution in [2.75, 3.05) is 14.2 Å². The van der Waals surface area contributed by atoms with Gasteiger partial charge in [-0.1, -0.05) is 24.3 Å². The quantitative estimate of drug-likeness (QED) is 0.831. The standard InChI is InChI=1S/C17H20FNO4S/c1-12(13-8-9-16(22-2)17(10-13)23-3)19-24(20,21)11-14-6-4-5-7-15(14)18/h4-10,12,19H,11H2,1-3H3. The van der Waals surface area contributed by atoms with Gasteiger partial charge in [-0.3, -0.25) is 0 Å². The molecule has 1 atom stereocenters. The van der Waals surface area contributed by atoms with Gasteiger partial charge in [0.05, 0.1) is 20.0 Å². The third-order valence-corrected chi connectivity index (χ3v) is 4.97. The fourth-order valence-corrected chi connectivity index (χ4v) is 3.72. The van der Waals surface area contributed by atoms with Crippen LogP contribution in [0.5, 0.6) is 11.5 Å². The first kappa shape index (κ1) is 18.2. The maximum absolute atomic E-state index is 13.6. The van der Waals surface area contributed by atoms with Gasteiger partial charge in [-0.2, -0.15) is 0 Å². The molecule has 0 amide bonds. The molecule has 0 saturated heterocycles. The summed E-state index contributed by atoms with van der Waals surface area (Å²) in [5.41, 5.74) is 0.842. The van der Waals surface area contributed by atoms with Crippen LogP contribution < -0.4 is 14.2 Å².